The van der Waals surface area contributed by atoms with E-state index in [0.29, 0.717) is 18.8 Å². The number of methoxy groups -OCH3 is 1. The minimum Gasteiger partial charge on any atom is -0.465 e. The van der Waals surface area contributed by atoms with Crippen LogP contribution in [0.5, 0.6) is 0 Å². The average Bonchev–Trinajstić information content (AvgIpc) is 2.46. The van der Waals surface area contributed by atoms with Crippen molar-refractivity contribution in [1.82, 2.24) is 5.32 Å². The van der Waals surface area contributed by atoms with E-state index >= 15 is 0 Å². The summed E-state index contributed by atoms with van der Waals surface area (Å²) in [6.07, 6.45) is 0. The molecular formula is C12H15N3O4. The zero-order valence-electron chi connectivity index (χ0n) is 10.6. The molecule has 0 amide bonds. The van der Waals surface area contributed by atoms with Crippen molar-refractivity contribution < 1.29 is 14.5 Å². The second-order valence-electron chi connectivity index (χ2n) is 4.19. The van der Waals surface area contributed by atoms with Gasteiger partial charge in [-0.2, -0.15) is 0 Å². The molecule has 0 bridgehead atoms. The first-order valence-electron chi connectivity index (χ1n) is 5.96. The molecule has 7 heteroatoms. The third kappa shape index (κ3) is 2.82. The van der Waals surface area contributed by atoms with E-state index in [9.17, 15) is 14.9 Å². The zero-order valence-corrected chi connectivity index (χ0v) is 10.6. The third-order valence-electron chi connectivity index (χ3n) is 3.05. The van der Waals surface area contributed by atoms with Gasteiger partial charge in [0.05, 0.1) is 17.6 Å². The number of hydrogen-bond acceptors (Lipinski definition) is 6. The van der Waals surface area contributed by atoms with Crippen LogP contribution in [0.2, 0.25) is 0 Å². The molecule has 1 saturated heterocycles. The first-order chi connectivity index (χ1) is 9.13. The van der Waals surface area contributed by atoms with Gasteiger partial charge < -0.3 is 15.0 Å². The molecule has 0 atom stereocenters. The van der Waals surface area contributed by atoms with Crippen LogP contribution in [0.15, 0.2) is 18.2 Å². The van der Waals surface area contributed by atoms with Crippen LogP contribution in [0, 0.1) is 10.1 Å². The maximum absolute atomic E-state index is 11.4. The molecule has 1 aliphatic heterocycles. The van der Waals surface area contributed by atoms with Gasteiger partial charge in [0.25, 0.3) is 5.69 Å². The average molecular weight is 265 g/mol. The standard InChI is InChI=1S/C12H15N3O4/c1-19-12(16)9-2-3-10(11(8-9)15(17)18)14-6-4-13-5-7-14/h2-3,8,13H,4-7H2,1H3. The number of benzene rings is 1. The van der Waals surface area contributed by atoms with Crippen LogP contribution in [-0.4, -0.2) is 44.2 Å². The molecule has 1 aliphatic rings. The highest BCUT2D eigenvalue weighted by Gasteiger charge is 2.23. The molecule has 1 aromatic carbocycles. The lowest BCUT2D eigenvalue weighted by molar-refractivity contribution is -0.384. The monoisotopic (exact) mass is 265 g/mol. The van der Waals surface area contributed by atoms with Gasteiger partial charge in [-0.3, -0.25) is 10.1 Å². The van der Waals surface area contributed by atoms with Crippen molar-refractivity contribution in [2.75, 3.05) is 38.2 Å². The van der Waals surface area contributed by atoms with Crippen molar-refractivity contribution in [1.29, 1.82) is 0 Å². The van der Waals surface area contributed by atoms with Gasteiger partial charge in [0, 0.05) is 32.2 Å². The summed E-state index contributed by atoms with van der Waals surface area (Å²) in [7, 11) is 1.25. The number of nitrogens with one attached hydrogen (secondary N) is 1. The summed E-state index contributed by atoms with van der Waals surface area (Å²) in [6, 6.07) is 4.43. The van der Waals surface area contributed by atoms with Crippen molar-refractivity contribution in [3.05, 3.63) is 33.9 Å². The minimum atomic E-state index is -0.574. The van der Waals surface area contributed by atoms with E-state index in [1.807, 2.05) is 4.90 Å². The topological polar surface area (TPSA) is 84.7 Å². The van der Waals surface area contributed by atoms with Crippen LogP contribution >= 0.6 is 0 Å². The van der Waals surface area contributed by atoms with E-state index in [0.717, 1.165) is 13.1 Å². The largest absolute Gasteiger partial charge is 0.465 e. The van der Waals surface area contributed by atoms with Gasteiger partial charge in [-0.1, -0.05) is 0 Å². The van der Waals surface area contributed by atoms with E-state index in [1.54, 1.807) is 12.1 Å². The molecule has 1 aromatic rings. The van der Waals surface area contributed by atoms with Gasteiger partial charge in [0.2, 0.25) is 0 Å². The van der Waals surface area contributed by atoms with Crippen LogP contribution in [0.1, 0.15) is 10.4 Å². The van der Waals surface area contributed by atoms with Crippen LogP contribution in [0.4, 0.5) is 11.4 Å². The maximum Gasteiger partial charge on any atom is 0.338 e. The molecule has 19 heavy (non-hydrogen) atoms. The summed E-state index contributed by atoms with van der Waals surface area (Å²) >= 11 is 0. The highest BCUT2D eigenvalue weighted by atomic mass is 16.6. The predicted octanol–water partition coefficient (Wildman–Crippen LogP) is 0.791. The second-order valence-corrected chi connectivity index (χ2v) is 4.19. The highest BCUT2D eigenvalue weighted by molar-refractivity contribution is 5.91. The van der Waals surface area contributed by atoms with Crippen LogP contribution < -0.4 is 10.2 Å². The number of carbonyl (C=O) groups is 1. The van der Waals surface area contributed by atoms with Crippen LogP contribution in [-0.2, 0) is 4.74 Å². The summed E-state index contributed by atoms with van der Waals surface area (Å²) in [4.78, 5) is 24.0. The molecule has 1 N–H and O–H groups in total. The number of nitro groups is 1. The van der Waals surface area contributed by atoms with Crippen LogP contribution in [0.3, 0.4) is 0 Å². The van der Waals surface area contributed by atoms with E-state index in [2.05, 4.69) is 10.1 Å². The Balaban J connectivity index is 2.37. The zero-order chi connectivity index (χ0) is 13.8. The Kier molecular flexibility index (Phi) is 3.96. The Hall–Kier alpha value is -2.15. The van der Waals surface area contributed by atoms with Gasteiger partial charge in [0.15, 0.2) is 0 Å². The highest BCUT2D eigenvalue weighted by Crippen LogP contribution is 2.29. The van der Waals surface area contributed by atoms with Gasteiger partial charge in [-0.25, -0.2) is 4.79 Å². The first-order valence-corrected chi connectivity index (χ1v) is 5.96. The van der Waals surface area contributed by atoms with Gasteiger partial charge >= 0.3 is 5.97 Å². The lowest BCUT2D eigenvalue weighted by Gasteiger charge is -2.29. The third-order valence-corrected chi connectivity index (χ3v) is 3.05. The van der Waals surface area contributed by atoms with Gasteiger partial charge in [0.1, 0.15) is 5.69 Å². The molecule has 0 spiro atoms. The number of carbonyl (C=O) groups excluding carboxylic acids is 1. The number of ether oxygens (including phenoxy) is 1. The molecule has 102 valence electrons. The molecule has 0 aliphatic carbocycles. The van der Waals surface area contributed by atoms with E-state index in [1.165, 1.54) is 13.2 Å². The Bertz CT molecular complexity index is 498. The van der Waals surface area contributed by atoms with Gasteiger partial charge in [-0.15, -0.1) is 0 Å². The molecule has 0 radical (unpaired) electrons. The number of esters is 1. The lowest BCUT2D eigenvalue weighted by atomic mass is 10.1. The minimum absolute atomic E-state index is 0.0650. The fourth-order valence-electron chi connectivity index (χ4n) is 2.09. The van der Waals surface area contributed by atoms with Crippen molar-refractivity contribution >= 4 is 17.3 Å². The summed E-state index contributed by atoms with van der Waals surface area (Å²) in [5, 5.41) is 14.3. The molecular weight excluding hydrogens is 250 g/mol. The summed E-state index contributed by atoms with van der Waals surface area (Å²) in [6.45, 7) is 2.99. The number of hydrogen-bond donors (Lipinski definition) is 1. The van der Waals surface area contributed by atoms with E-state index in [-0.39, 0.29) is 11.3 Å². The Morgan fingerprint density at radius 2 is 2.11 bits per heavy atom. The number of nitrogens with zero attached hydrogens (tertiary/aromatic N) is 2. The second kappa shape index (κ2) is 5.66. The molecule has 0 saturated carbocycles. The normalized spacial score (nSPS) is 15.1. The Labute approximate surface area is 110 Å². The smallest absolute Gasteiger partial charge is 0.338 e. The number of nitro benzene ring substituents is 1. The van der Waals surface area contributed by atoms with E-state index < -0.39 is 10.9 Å². The first kappa shape index (κ1) is 13.3. The summed E-state index contributed by atoms with van der Waals surface area (Å²) in [5.41, 5.74) is 0.664. The molecule has 1 heterocycles. The molecule has 2 rings (SSSR count). The number of piperazine rings is 1. The fraction of sp³-hybridized carbons (Fsp3) is 0.417. The van der Waals surface area contributed by atoms with Crippen molar-refractivity contribution in [2.45, 2.75) is 0 Å². The van der Waals surface area contributed by atoms with Crippen LogP contribution in [0.25, 0.3) is 0 Å². The van der Waals surface area contributed by atoms with Gasteiger partial charge in [-0.05, 0) is 12.1 Å². The molecule has 0 unspecified atom stereocenters. The predicted molar refractivity (Wildman–Crippen MR) is 69.5 cm³/mol. The Morgan fingerprint density at radius 1 is 1.42 bits per heavy atom. The lowest BCUT2D eigenvalue weighted by Crippen LogP contribution is -2.43. The van der Waals surface area contributed by atoms with Crippen molar-refractivity contribution in [3.63, 3.8) is 0 Å². The number of anilines is 1. The van der Waals surface area contributed by atoms with Crippen molar-refractivity contribution in [3.8, 4) is 0 Å². The summed E-state index contributed by atoms with van der Waals surface area (Å²) < 4.78 is 4.57. The summed E-state index contributed by atoms with van der Waals surface area (Å²) in [5.74, 6) is -0.574. The van der Waals surface area contributed by atoms with Crippen molar-refractivity contribution in [2.24, 2.45) is 0 Å². The van der Waals surface area contributed by atoms with E-state index in [4.69, 9.17) is 0 Å². The maximum atomic E-state index is 11.4. The number of rotatable bonds is 3. The quantitative estimate of drug-likeness (QED) is 0.494. The molecule has 7 nitrogen and oxygen atoms in total. The molecule has 1 fully saturated rings. The molecule has 0 aromatic heterocycles. The fourth-order valence-corrected chi connectivity index (χ4v) is 2.09. The SMILES string of the molecule is COC(=O)c1ccc(N2CCNCC2)c([N+](=O)[O-])c1. The Morgan fingerprint density at radius 3 is 2.68 bits per heavy atom.